The van der Waals surface area contributed by atoms with Crippen molar-refractivity contribution in [3.05, 3.63) is 22.6 Å². The molecule has 0 saturated carbocycles. The van der Waals surface area contributed by atoms with Crippen LogP contribution in [-0.2, 0) is 4.74 Å². The zero-order chi connectivity index (χ0) is 14.3. The minimum Gasteiger partial charge on any atom is -0.444 e. The van der Waals surface area contributed by atoms with Gasteiger partial charge in [-0.05, 0) is 28.1 Å². The van der Waals surface area contributed by atoms with Crippen molar-refractivity contribution in [1.29, 1.82) is 0 Å². The highest BCUT2D eigenvalue weighted by atomic mass is 79.9. The number of amides is 1. The maximum absolute atomic E-state index is 12.2. The molecule has 0 unspecified atom stereocenters. The third kappa shape index (κ3) is 4.92. The van der Waals surface area contributed by atoms with Crippen LogP contribution in [-0.4, -0.2) is 48.7 Å². The molecule has 0 aliphatic rings. The lowest BCUT2D eigenvalue weighted by Gasteiger charge is -2.20. The number of methoxy groups -OCH3 is 1. The molecule has 1 aromatic rings. The van der Waals surface area contributed by atoms with Gasteiger partial charge in [-0.3, -0.25) is 4.79 Å². The Kier molecular flexibility index (Phi) is 6.37. The van der Waals surface area contributed by atoms with Gasteiger partial charge in [0.1, 0.15) is 5.84 Å². The highest BCUT2D eigenvalue weighted by Crippen LogP contribution is 2.16. The lowest BCUT2D eigenvalue weighted by atomic mass is 10.3. The summed E-state index contributed by atoms with van der Waals surface area (Å²) in [6.45, 7) is 1.10. The molecule has 0 aliphatic carbocycles. The highest BCUT2D eigenvalue weighted by molar-refractivity contribution is 9.10. The summed E-state index contributed by atoms with van der Waals surface area (Å²) in [4.78, 5) is 13.7. The van der Waals surface area contributed by atoms with Crippen LogP contribution in [0.1, 0.15) is 17.0 Å². The second-order valence-corrected chi connectivity index (χ2v) is 4.51. The molecule has 106 valence electrons. The van der Waals surface area contributed by atoms with E-state index in [1.165, 1.54) is 4.90 Å². The van der Waals surface area contributed by atoms with E-state index in [9.17, 15) is 4.79 Å². The predicted octanol–water partition coefficient (Wildman–Crippen LogP) is 1.27. The molecule has 1 aromatic heterocycles. The van der Waals surface area contributed by atoms with E-state index in [2.05, 4.69) is 21.1 Å². The Morgan fingerprint density at radius 3 is 2.84 bits per heavy atom. The molecule has 0 saturated heterocycles. The largest absolute Gasteiger partial charge is 0.444 e. The van der Waals surface area contributed by atoms with Crippen LogP contribution in [0.5, 0.6) is 0 Å². The van der Waals surface area contributed by atoms with Crippen molar-refractivity contribution in [2.75, 3.05) is 26.8 Å². The number of furan rings is 1. The number of oxime groups is 1. The fourth-order valence-corrected chi connectivity index (χ4v) is 1.71. The summed E-state index contributed by atoms with van der Waals surface area (Å²) in [5.74, 6) is 0.0202. The standard InChI is InChI=1S/C11H16BrN3O4/c1-18-7-6-15(5-4-10(13)14-17)11(16)8-2-3-9(12)19-8/h2-3,17H,4-7H2,1H3,(H2,13,14). The number of hydrogen-bond acceptors (Lipinski definition) is 5. The SMILES string of the molecule is COCCN(CCC(N)=NO)C(=O)c1ccc(Br)o1. The lowest BCUT2D eigenvalue weighted by molar-refractivity contribution is 0.0668. The minimum absolute atomic E-state index is 0.0656. The molecule has 7 nitrogen and oxygen atoms in total. The Hall–Kier alpha value is -1.54. The average molecular weight is 334 g/mol. The molecule has 1 amide bonds. The topological polar surface area (TPSA) is 101 Å². The van der Waals surface area contributed by atoms with Gasteiger partial charge >= 0.3 is 0 Å². The number of hydrogen-bond donors (Lipinski definition) is 2. The number of nitrogens with zero attached hydrogens (tertiary/aromatic N) is 2. The summed E-state index contributed by atoms with van der Waals surface area (Å²) in [5, 5.41) is 11.4. The van der Waals surface area contributed by atoms with Crippen LogP contribution < -0.4 is 5.73 Å². The summed E-state index contributed by atoms with van der Waals surface area (Å²) in [7, 11) is 1.55. The minimum atomic E-state index is -0.270. The smallest absolute Gasteiger partial charge is 0.289 e. The second-order valence-electron chi connectivity index (χ2n) is 3.73. The van der Waals surface area contributed by atoms with E-state index in [0.717, 1.165) is 0 Å². The van der Waals surface area contributed by atoms with Crippen LogP contribution in [0.25, 0.3) is 0 Å². The maximum atomic E-state index is 12.2. The molecule has 0 aliphatic heterocycles. The van der Waals surface area contributed by atoms with Gasteiger partial charge in [0.05, 0.1) is 6.61 Å². The van der Waals surface area contributed by atoms with E-state index >= 15 is 0 Å². The number of nitrogens with two attached hydrogens (primary N) is 1. The summed E-state index contributed by atoms with van der Waals surface area (Å²) < 4.78 is 10.7. The van der Waals surface area contributed by atoms with Gasteiger partial charge in [0, 0.05) is 26.6 Å². The predicted molar refractivity (Wildman–Crippen MR) is 72.2 cm³/mol. The molecule has 19 heavy (non-hydrogen) atoms. The normalized spacial score (nSPS) is 11.6. The highest BCUT2D eigenvalue weighted by Gasteiger charge is 2.19. The summed E-state index contributed by atoms with van der Waals surface area (Å²) in [6, 6.07) is 3.22. The third-order valence-electron chi connectivity index (χ3n) is 2.40. The summed E-state index contributed by atoms with van der Waals surface area (Å²) in [6.07, 6.45) is 0.272. The van der Waals surface area contributed by atoms with E-state index in [0.29, 0.717) is 24.4 Å². The first-order chi connectivity index (χ1) is 9.08. The van der Waals surface area contributed by atoms with Gasteiger partial charge in [0.25, 0.3) is 5.91 Å². The maximum Gasteiger partial charge on any atom is 0.289 e. The van der Waals surface area contributed by atoms with Crippen molar-refractivity contribution in [2.24, 2.45) is 10.9 Å². The molecule has 0 bridgehead atoms. The molecule has 0 atom stereocenters. The van der Waals surface area contributed by atoms with E-state index in [4.69, 9.17) is 20.1 Å². The van der Waals surface area contributed by atoms with Crippen LogP contribution in [0.3, 0.4) is 0 Å². The Balaban J connectivity index is 2.69. The van der Waals surface area contributed by atoms with Gasteiger partial charge in [-0.1, -0.05) is 5.16 Å². The number of carbonyl (C=O) groups is 1. The Morgan fingerprint density at radius 2 is 2.32 bits per heavy atom. The number of amidine groups is 1. The lowest BCUT2D eigenvalue weighted by Crippen LogP contribution is -2.36. The van der Waals surface area contributed by atoms with E-state index in [1.54, 1.807) is 19.2 Å². The number of ether oxygens (including phenoxy) is 1. The molecule has 0 fully saturated rings. The molecular formula is C11H16BrN3O4. The van der Waals surface area contributed by atoms with Gasteiger partial charge in [-0.25, -0.2) is 0 Å². The monoisotopic (exact) mass is 333 g/mol. The van der Waals surface area contributed by atoms with Crippen LogP contribution in [0.2, 0.25) is 0 Å². The van der Waals surface area contributed by atoms with Crippen molar-refractivity contribution in [2.45, 2.75) is 6.42 Å². The van der Waals surface area contributed by atoms with Crippen LogP contribution in [0, 0.1) is 0 Å². The van der Waals surface area contributed by atoms with Gasteiger partial charge in [-0.15, -0.1) is 0 Å². The van der Waals surface area contributed by atoms with Gasteiger partial charge in [0.15, 0.2) is 10.4 Å². The fraction of sp³-hybridized carbons (Fsp3) is 0.455. The molecule has 0 spiro atoms. The average Bonchev–Trinajstić information content (AvgIpc) is 2.84. The summed E-state index contributed by atoms with van der Waals surface area (Å²) >= 11 is 3.14. The molecule has 0 aromatic carbocycles. The Bertz CT molecular complexity index is 447. The van der Waals surface area contributed by atoms with Gasteiger partial charge in [-0.2, -0.15) is 0 Å². The van der Waals surface area contributed by atoms with Gasteiger partial charge < -0.3 is 25.0 Å². The molecule has 3 N–H and O–H groups in total. The van der Waals surface area contributed by atoms with Gasteiger partial charge in [0.2, 0.25) is 0 Å². The van der Waals surface area contributed by atoms with Crippen molar-refractivity contribution in [1.82, 2.24) is 4.90 Å². The van der Waals surface area contributed by atoms with E-state index < -0.39 is 0 Å². The molecule has 1 heterocycles. The van der Waals surface area contributed by atoms with Crippen molar-refractivity contribution in [3.63, 3.8) is 0 Å². The summed E-state index contributed by atoms with van der Waals surface area (Å²) in [5.41, 5.74) is 5.39. The van der Waals surface area contributed by atoms with Crippen molar-refractivity contribution >= 4 is 27.7 Å². The fourth-order valence-electron chi connectivity index (χ4n) is 1.40. The van der Waals surface area contributed by atoms with E-state index in [1.807, 2.05) is 0 Å². The molecular weight excluding hydrogens is 318 g/mol. The Labute approximate surface area is 119 Å². The van der Waals surface area contributed by atoms with E-state index in [-0.39, 0.29) is 23.9 Å². The van der Waals surface area contributed by atoms with Crippen molar-refractivity contribution in [3.8, 4) is 0 Å². The molecule has 0 radical (unpaired) electrons. The van der Waals surface area contributed by atoms with Crippen LogP contribution in [0.15, 0.2) is 26.4 Å². The zero-order valence-corrected chi connectivity index (χ0v) is 12.1. The van der Waals surface area contributed by atoms with Crippen LogP contribution in [0.4, 0.5) is 0 Å². The molecule has 1 rings (SSSR count). The zero-order valence-electron chi connectivity index (χ0n) is 10.5. The number of halogens is 1. The van der Waals surface area contributed by atoms with Crippen molar-refractivity contribution < 1.29 is 19.2 Å². The molecule has 8 heteroatoms. The second kappa shape index (κ2) is 7.80. The number of carbonyl (C=O) groups excluding carboxylic acids is 1. The first-order valence-corrected chi connectivity index (χ1v) is 6.37. The Morgan fingerprint density at radius 1 is 1.58 bits per heavy atom. The van der Waals surface area contributed by atoms with Crippen LogP contribution >= 0.6 is 15.9 Å². The first kappa shape index (κ1) is 15.5. The number of rotatable bonds is 7. The first-order valence-electron chi connectivity index (χ1n) is 5.58. The quantitative estimate of drug-likeness (QED) is 0.338. The third-order valence-corrected chi connectivity index (χ3v) is 2.83.